The first-order valence-corrected chi connectivity index (χ1v) is 6.46. The van der Waals surface area contributed by atoms with Gasteiger partial charge in [-0.2, -0.15) is 0 Å². The number of phenolic OH excluding ortho intramolecular Hbond substituents is 1. The van der Waals surface area contributed by atoms with E-state index in [1.807, 2.05) is 30.3 Å². The normalized spacial score (nSPS) is 11.0. The van der Waals surface area contributed by atoms with Gasteiger partial charge in [0.05, 0.1) is 0 Å². The number of phenols is 1. The van der Waals surface area contributed by atoms with Crippen molar-refractivity contribution in [1.29, 1.82) is 0 Å². The second kappa shape index (κ2) is 5.54. The van der Waals surface area contributed by atoms with Gasteiger partial charge in [-0.05, 0) is 23.6 Å². The summed E-state index contributed by atoms with van der Waals surface area (Å²) in [4.78, 5) is 11.2. The predicted molar refractivity (Wildman–Crippen MR) is 81.6 cm³/mol. The lowest BCUT2D eigenvalue weighted by atomic mass is 10.1. The van der Waals surface area contributed by atoms with Gasteiger partial charge in [0.25, 0.3) is 0 Å². The van der Waals surface area contributed by atoms with Crippen molar-refractivity contribution in [3.8, 4) is 5.75 Å². The Bertz CT molecular complexity index is 841. The molecule has 4 heteroatoms. The molecule has 0 aromatic heterocycles. The van der Waals surface area contributed by atoms with E-state index >= 15 is 0 Å². The quantitative estimate of drug-likeness (QED) is 0.553. The number of nitrogens with zero attached hydrogens (tertiary/aromatic N) is 2. The number of carbonyl (C=O) groups is 1. The summed E-state index contributed by atoms with van der Waals surface area (Å²) >= 11 is 0. The lowest BCUT2D eigenvalue weighted by Gasteiger charge is -2.04. The lowest BCUT2D eigenvalue weighted by Crippen LogP contribution is -1.83. The van der Waals surface area contributed by atoms with Crippen LogP contribution in [0, 0.1) is 0 Å². The van der Waals surface area contributed by atoms with Crippen molar-refractivity contribution in [3.05, 3.63) is 66.2 Å². The fourth-order valence-electron chi connectivity index (χ4n) is 2.13. The topological polar surface area (TPSA) is 62.0 Å². The number of fused-ring (bicyclic) bond motifs is 1. The van der Waals surface area contributed by atoms with E-state index in [-0.39, 0.29) is 5.75 Å². The Morgan fingerprint density at radius 1 is 0.857 bits per heavy atom. The molecule has 3 aromatic rings. The minimum Gasteiger partial charge on any atom is -0.506 e. The molecule has 3 aromatic carbocycles. The SMILES string of the molecule is O=Cc1ccc2ccccc2c1N=Nc1ccccc1O. The number of para-hydroxylation sites is 1. The minimum atomic E-state index is 0.0501. The Morgan fingerprint density at radius 2 is 1.62 bits per heavy atom. The zero-order valence-electron chi connectivity index (χ0n) is 11.1. The molecule has 0 saturated carbocycles. The van der Waals surface area contributed by atoms with Crippen LogP contribution >= 0.6 is 0 Å². The molecule has 21 heavy (non-hydrogen) atoms. The van der Waals surface area contributed by atoms with Crippen LogP contribution in [0.3, 0.4) is 0 Å². The zero-order chi connectivity index (χ0) is 14.7. The lowest BCUT2D eigenvalue weighted by molar-refractivity contribution is 0.112. The highest BCUT2D eigenvalue weighted by Crippen LogP contribution is 2.32. The number of hydrogen-bond donors (Lipinski definition) is 1. The third kappa shape index (κ3) is 2.51. The first-order chi connectivity index (χ1) is 10.3. The van der Waals surface area contributed by atoms with Gasteiger partial charge in [0.2, 0.25) is 0 Å². The molecule has 4 nitrogen and oxygen atoms in total. The van der Waals surface area contributed by atoms with Crippen molar-refractivity contribution in [1.82, 2.24) is 0 Å². The van der Waals surface area contributed by atoms with Gasteiger partial charge in [-0.1, -0.05) is 42.5 Å². The fraction of sp³-hybridized carbons (Fsp3) is 0. The van der Waals surface area contributed by atoms with E-state index in [4.69, 9.17) is 0 Å². The second-order valence-electron chi connectivity index (χ2n) is 4.53. The number of rotatable bonds is 3. The van der Waals surface area contributed by atoms with Gasteiger partial charge in [0.15, 0.2) is 6.29 Å². The molecule has 0 bridgehead atoms. The summed E-state index contributed by atoms with van der Waals surface area (Å²) in [6.07, 6.45) is 0.756. The van der Waals surface area contributed by atoms with E-state index in [1.165, 1.54) is 6.07 Å². The van der Waals surface area contributed by atoms with Crippen LogP contribution in [0.25, 0.3) is 10.8 Å². The Morgan fingerprint density at radius 3 is 2.43 bits per heavy atom. The highest BCUT2D eigenvalue weighted by molar-refractivity contribution is 6.00. The zero-order valence-corrected chi connectivity index (χ0v) is 11.1. The molecule has 0 aliphatic carbocycles. The number of benzene rings is 3. The monoisotopic (exact) mass is 276 g/mol. The molecule has 0 aliphatic heterocycles. The molecular weight excluding hydrogens is 264 g/mol. The molecule has 102 valence electrons. The average Bonchev–Trinajstić information content (AvgIpc) is 2.53. The average molecular weight is 276 g/mol. The fourth-order valence-corrected chi connectivity index (χ4v) is 2.13. The van der Waals surface area contributed by atoms with E-state index in [2.05, 4.69) is 10.2 Å². The Balaban J connectivity index is 2.15. The van der Waals surface area contributed by atoms with Crippen molar-refractivity contribution in [2.75, 3.05) is 0 Å². The van der Waals surface area contributed by atoms with E-state index in [9.17, 15) is 9.90 Å². The maximum absolute atomic E-state index is 11.2. The molecule has 0 heterocycles. The Labute approximate surface area is 121 Å². The molecule has 0 aliphatic rings. The molecule has 0 spiro atoms. The largest absolute Gasteiger partial charge is 0.506 e. The number of aromatic hydroxyl groups is 1. The smallest absolute Gasteiger partial charge is 0.152 e. The third-order valence-electron chi connectivity index (χ3n) is 3.20. The van der Waals surface area contributed by atoms with Crippen LogP contribution in [0.1, 0.15) is 10.4 Å². The maximum atomic E-state index is 11.2. The first-order valence-electron chi connectivity index (χ1n) is 6.46. The van der Waals surface area contributed by atoms with Crippen LogP contribution < -0.4 is 0 Å². The van der Waals surface area contributed by atoms with E-state index in [0.717, 1.165) is 17.1 Å². The molecule has 0 amide bonds. The molecule has 0 atom stereocenters. The van der Waals surface area contributed by atoms with Gasteiger partial charge in [0, 0.05) is 10.9 Å². The number of azo groups is 1. The molecular formula is C17H12N2O2. The van der Waals surface area contributed by atoms with Crippen molar-refractivity contribution >= 4 is 28.4 Å². The summed E-state index contributed by atoms with van der Waals surface area (Å²) in [6.45, 7) is 0. The summed E-state index contributed by atoms with van der Waals surface area (Å²) < 4.78 is 0. The summed E-state index contributed by atoms with van der Waals surface area (Å²) in [5.41, 5.74) is 1.33. The molecule has 0 fully saturated rings. The maximum Gasteiger partial charge on any atom is 0.152 e. The standard InChI is InChI=1S/C17H12N2O2/c20-11-13-10-9-12-5-1-2-6-14(12)17(13)19-18-15-7-3-4-8-16(15)21/h1-11,21H. The third-order valence-corrected chi connectivity index (χ3v) is 3.20. The van der Waals surface area contributed by atoms with Gasteiger partial charge in [-0.15, -0.1) is 10.2 Å². The summed E-state index contributed by atoms with van der Waals surface area (Å²) in [6, 6.07) is 17.9. The number of hydrogen-bond acceptors (Lipinski definition) is 4. The van der Waals surface area contributed by atoms with Crippen LogP contribution in [0.15, 0.2) is 70.9 Å². The Kier molecular flexibility index (Phi) is 3.43. The molecule has 3 rings (SSSR count). The predicted octanol–water partition coefficient (Wildman–Crippen LogP) is 4.77. The van der Waals surface area contributed by atoms with Crippen LogP contribution in [0.4, 0.5) is 11.4 Å². The van der Waals surface area contributed by atoms with E-state index in [0.29, 0.717) is 16.9 Å². The van der Waals surface area contributed by atoms with Gasteiger partial charge in [-0.25, -0.2) is 0 Å². The number of aldehydes is 1. The highest BCUT2D eigenvalue weighted by atomic mass is 16.3. The summed E-state index contributed by atoms with van der Waals surface area (Å²) in [5, 5.41) is 19.8. The van der Waals surface area contributed by atoms with Crippen LogP contribution in [0.5, 0.6) is 5.75 Å². The van der Waals surface area contributed by atoms with Crippen molar-refractivity contribution in [2.24, 2.45) is 10.2 Å². The Hall–Kier alpha value is -3.01. The minimum absolute atomic E-state index is 0.0501. The molecule has 0 unspecified atom stereocenters. The van der Waals surface area contributed by atoms with Gasteiger partial charge in [0.1, 0.15) is 17.1 Å². The van der Waals surface area contributed by atoms with Crippen LogP contribution in [-0.4, -0.2) is 11.4 Å². The van der Waals surface area contributed by atoms with Gasteiger partial charge in [-0.3, -0.25) is 4.79 Å². The van der Waals surface area contributed by atoms with Crippen molar-refractivity contribution in [3.63, 3.8) is 0 Å². The van der Waals surface area contributed by atoms with Crippen LogP contribution in [-0.2, 0) is 0 Å². The van der Waals surface area contributed by atoms with Gasteiger partial charge >= 0.3 is 0 Å². The molecule has 1 N–H and O–H groups in total. The summed E-state index contributed by atoms with van der Waals surface area (Å²) in [7, 11) is 0. The van der Waals surface area contributed by atoms with Crippen LogP contribution in [0.2, 0.25) is 0 Å². The van der Waals surface area contributed by atoms with E-state index in [1.54, 1.807) is 24.3 Å². The second-order valence-corrected chi connectivity index (χ2v) is 4.53. The first kappa shape index (κ1) is 13.0. The van der Waals surface area contributed by atoms with Crippen molar-refractivity contribution in [2.45, 2.75) is 0 Å². The van der Waals surface area contributed by atoms with Crippen molar-refractivity contribution < 1.29 is 9.90 Å². The van der Waals surface area contributed by atoms with Gasteiger partial charge < -0.3 is 5.11 Å². The summed E-state index contributed by atoms with van der Waals surface area (Å²) in [5.74, 6) is 0.0501. The number of carbonyl (C=O) groups excluding carboxylic acids is 1. The molecule has 0 saturated heterocycles. The van der Waals surface area contributed by atoms with E-state index < -0.39 is 0 Å². The highest BCUT2D eigenvalue weighted by Gasteiger charge is 2.06. The molecule has 0 radical (unpaired) electrons.